The molecule has 2 aromatic rings. The smallest absolute Gasteiger partial charge is 0.233 e. The average molecular weight is 456 g/mol. The molecule has 178 valence electrons. The quantitative estimate of drug-likeness (QED) is 0.474. The lowest BCUT2D eigenvalue weighted by Gasteiger charge is -2.26. The molecule has 33 heavy (non-hydrogen) atoms. The van der Waals surface area contributed by atoms with Crippen LogP contribution in [0, 0.1) is 5.82 Å². The summed E-state index contributed by atoms with van der Waals surface area (Å²) in [4.78, 5) is 16.2. The van der Waals surface area contributed by atoms with E-state index < -0.39 is 5.82 Å². The van der Waals surface area contributed by atoms with Gasteiger partial charge < -0.3 is 20.7 Å². The zero-order valence-electron chi connectivity index (χ0n) is 19.5. The van der Waals surface area contributed by atoms with E-state index in [9.17, 15) is 4.39 Å². The second-order valence-electron chi connectivity index (χ2n) is 8.69. The molecule has 2 heterocycles. The van der Waals surface area contributed by atoms with Gasteiger partial charge in [-0.3, -0.25) is 4.90 Å². The number of ether oxygens (including phenoxy) is 1. The zero-order chi connectivity index (χ0) is 23.2. The van der Waals surface area contributed by atoms with Crippen molar-refractivity contribution in [3.63, 3.8) is 0 Å². The first kappa shape index (κ1) is 23.2. The largest absolute Gasteiger partial charge is 0.494 e. The summed E-state index contributed by atoms with van der Waals surface area (Å²) < 4.78 is 19.2. The number of nitrogens with one attached hydrogen (secondary N) is 3. The number of aromatic nitrogens is 3. The molecule has 3 N–H and O–H groups in total. The fourth-order valence-electron chi connectivity index (χ4n) is 4.61. The SMILES string of the molecule is C=C1CCCCC1Nc1nc(NCC2CCCN2CC)nc(Nc2ccc(OC)c(F)c2)n1. The van der Waals surface area contributed by atoms with Crippen molar-refractivity contribution in [1.29, 1.82) is 0 Å². The van der Waals surface area contributed by atoms with E-state index in [1.54, 1.807) is 12.1 Å². The Bertz CT molecular complexity index is 970. The van der Waals surface area contributed by atoms with Gasteiger partial charge in [0.05, 0.1) is 7.11 Å². The topological polar surface area (TPSA) is 87.2 Å². The van der Waals surface area contributed by atoms with Crippen LogP contribution in [0.2, 0.25) is 0 Å². The predicted molar refractivity (Wildman–Crippen MR) is 130 cm³/mol. The number of rotatable bonds is 9. The van der Waals surface area contributed by atoms with Gasteiger partial charge in [0.15, 0.2) is 11.6 Å². The minimum absolute atomic E-state index is 0.144. The fraction of sp³-hybridized carbons (Fsp3) is 0.542. The summed E-state index contributed by atoms with van der Waals surface area (Å²) in [6.07, 6.45) is 6.72. The maximum absolute atomic E-state index is 14.2. The zero-order valence-corrected chi connectivity index (χ0v) is 19.5. The molecule has 0 radical (unpaired) electrons. The van der Waals surface area contributed by atoms with Crippen molar-refractivity contribution >= 4 is 23.5 Å². The Balaban J connectivity index is 1.54. The highest BCUT2D eigenvalue weighted by molar-refractivity contribution is 5.57. The lowest BCUT2D eigenvalue weighted by atomic mass is 9.91. The van der Waals surface area contributed by atoms with E-state index >= 15 is 0 Å². The third-order valence-corrected chi connectivity index (χ3v) is 6.48. The van der Waals surface area contributed by atoms with Crippen molar-refractivity contribution in [2.24, 2.45) is 0 Å². The molecule has 1 aromatic heterocycles. The second kappa shape index (κ2) is 10.8. The predicted octanol–water partition coefficient (Wildman–Crippen LogP) is 4.57. The molecule has 1 saturated carbocycles. The van der Waals surface area contributed by atoms with E-state index in [0.29, 0.717) is 29.6 Å². The highest BCUT2D eigenvalue weighted by Crippen LogP contribution is 2.26. The normalized spacial score (nSPS) is 21.1. The number of anilines is 4. The Kier molecular flexibility index (Phi) is 7.59. The van der Waals surface area contributed by atoms with E-state index in [-0.39, 0.29) is 11.8 Å². The Morgan fingerprint density at radius 2 is 1.94 bits per heavy atom. The molecular formula is C24H34FN7O. The van der Waals surface area contributed by atoms with Crippen LogP contribution in [-0.2, 0) is 0 Å². The number of hydrogen-bond acceptors (Lipinski definition) is 8. The highest BCUT2D eigenvalue weighted by atomic mass is 19.1. The number of nitrogens with zero attached hydrogens (tertiary/aromatic N) is 4. The third-order valence-electron chi connectivity index (χ3n) is 6.48. The van der Waals surface area contributed by atoms with Gasteiger partial charge in [-0.25, -0.2) is 4.39 Å². The van der Waals surface area contributed by atoms with Crippen LogP contribution in [0.15, 0.2) is 30.4 Å². The van der Waals surface area contributed by atoms with Crippen LogP contribution in [0.3, 0.4) is 0 Å². The number of likely N-dealkylation sites (tertiary alicyclic amines) is 1. The van der Waals surface area contributed by atoms with Gasteiger partial charge in [0.2, 0.25) is 17.8 Å². The van der Waals surface area contributed by atoms with Gasteiger partial charge in [-0.05, 0) is 57.3 Å². The molecule has 2 aliphatic rings. The van der Waals surface area contributed by atoms with Gasteiger partial charge in [0.25, 0.3) is 0 Å². The van der Waals surface area contributed by atoms with Gasteiger partial charge in [-0.1, -0.05) is 25.5 Å². The monoisotopic (exact) mass is 455 g/mol. The first-order valence-electron chi connectivity index (χ1n) is 11.8. The van der Waals surface area contributed by atoms with Gasteiger partial charge in [-0.2, -0.15) is 15.0 Å². The Morgan fingerprint density at radius 3 is 2.70 bits per heavy atom. The van der Waals surface area contributed by atoms with Crippen molar-refractivity contribution in [3.8, 4) is 5.75 Å². The third kappa shape index (κ3) is 5.90. The highest BCUT2D eigenvalue weighted by Gasteiger charge is 2.23. The number of likely N-dealkylation sites (N-methyl/N-ethyl adjacent to an activating group) is 1. The lowest BCUT2D eigenvalue weighted by molar-refractivity contribution is 0.277. The Morgan fingerprint density at radius 1 is 1.12 bits per heavy atom. The molecule has 2 atom stereocenters. The summed E-state index contributed by atoms with van der Waals surface area (Å²) in [6.45, 7) is 9.34. The molecular weight excluding hydrogens is 421 g/mol. The van der Waals surface area contributed by atoms with E-state index in [1.807, 2.05) is 0 Å². The summed E-state index contributed by atoms with van der Waals surface area (Å²) in [5, 5.41) is 9.93. The number of halogens is 1. The minimum Gasteiger partial charge on any atom is -0.494 e. The molecule has 0 bridgehead atoms. The second-order valence-corrected chi connectivity index (χ2v) is 8.69. The summed E-state index contributed by atoms with van der Waals surface area (Å²) in [5.74, 6) is 1.06. The van der Waals surface area contributed by atoms with Crippen molar-refractivity contribution in [3.05, 3.63) is 36.2 Å². The number of hydrogen-bond donors (Lipinski definition) is 3. The molecule has 4 rings (SSSR count). The molecule has 8 nitrogen and oxygen atoms in total. The lowest BCUT2D eigenvalue weighted by Crippen LogP contribution is -2.35. The minimum atomic E-state index is -0.451. The maximum atomic E-state index is 14.2. The van der Waals surface area contributed by atoms with Crippen LogP contribution >= 0.6 is 0 Å². The Hall–Kier alpha value is -2.94. The van der Waals surface area contributed by atoms with Gasteiger partial charge in [0, 0.05) is 30.4 Å². The van der Waals surface area contributed by atoms with Crippen LogP contribution in [-0.4, -0.2) is 58.7 Å². The van der Waals surface area contributed by atoms with Crippen molar-refractivity contribution in [2.75, 3.05) is 42.7 Å². The van der Waals surface area contributed by atoms with Crippen molar-refractivity contribution < 1.29 is 9.13 Å². The average Bonchev–Trinajstić information content (AvgIpc) is 3.27. The molecule has 1 aliphatic heterocycles. The first-order chi connectivity index (χ1) is 16.1. The number of benzene rings is 1. The first-order valence-corrected chi connectivity index (χ1v) is 11.8. The molecule has 9 heteroatoms. The van der Waals surface area contributed by atoms with Gasteiger partial charge >= 0.3 is 0 Å². The summed E-state index contributed by atoms with van der Waals surface area (Å²) >= 11 is 0. The molecule has 0 amide bonds. The maximum Gasteiger partial charge on any atom is 0.233 e. The molecule has 2 fully saturated rings. The van der Waals surface area contributed by atoms with Crippen LogP contribution in [0.4, 0.5) is 27.9 Å². The molecule has 0 spiro atoms. The van der Waals surface area contributed by atoms with E-state index in [0.717, 1.165) is 45.3 Å². The van der Waals surface area contributed by atoms with E-state index in [2.05, 4.69) is 49.3 Å². The summed E-state index contributed by atoms with van der Waals surface area (Å²) in [5.41, 5.74) is 1.71. The molecule has 1 saturated heterocycles. The van der Waals surface area contributed by atoms with Gasteiger partial charge in [-0.15, -0.1) is 0 Å². The fourth-order valence-corrected chi connectivity index (χ4v) is 4.61. The van der Waals surface area contributed by atoms with Crippen molar-refractivity contribution in [2.45, 2.75) is 57.5 Å². The molecule has 2 unspecified atom stereocenters. The molecule has 1 aliphatic carbocycles. The van der Waals surface area contributed by atoms with Crippen molar-refractivity contribution in [1.82, 2.24) is 19.9 Å². The standard InChI is InChI=1S/C24H34FN7O/c1-4-32-13-7-9-18(32)15-26-22-29-23(27-17-11-12-21(33-3)19(25)14-17)31-24(30-22)28-20-10-6-5-8-16(20)2/h11-12,14,18,20H,2,4-10,13,15H2,1,3H3,(H3,26,27,28,29,30,31). The van der Waals surface area contributed by atoms with E-state index in [1.165, 1.54) is 31.6 Å². The summed E-state index contributed by atoms with van der Waals surface area (Å²) in [6, 6.07) is 5.28. The summed E-state index contributed by atoms with van der Waals surface area (Å²) in [7, 11) is 1.44. The van der Waals surface area contributed by atoms with Crippen LogP contribution in [0.5, 0.6) is 5.75 Å². The number of methoxy groups -OCH3 is 1. The Labute approximate surface area is 195 Å². The van der Waals surface area contributed by atoms with E-state index in [4.69, 9.17) is 4.74 Å². The van der Waals surface area contributed by atoms with Crippen LogP contribution < -0.4 is 20.7 Å². The van der Waals surface area contributed by atoms with Gasteiger partial charge in [0.1, 0.15) is 0 Å². The molecule has 1 aromatic carbocycles. The van der Waals surface area contributed by atoms with Crippen LogP contribution in [0.1, 0.15) is 45.4 Å². The van der Waals surface area contributed by atoms with Crippen LogP contribution in [0.25, 0.3) is 0 Å².